The fourth-order valence-electron chi connectivity index (χ4n) is 3.79. The molecule has 0 aromatic carbocycles. The standard InChI is InChI=1S/C15H26N4O/c1-12-13(8-17(2)16-12)9-19-11-14-4-3-6-18(14)10-15(19)5-7-20/h8,14-15,20H,3-7,9-11H2,1-2H3/t14-,15-/m0/s1. The van der Waals surface area contributed by atoms with E-state index in [0.29, 0.717) is 6.04 Å². The first kappa shape index (κ1) is 14.0. The third-order valence-corrected chi connectivity index (χ3v) is 4.86. The highest BCUT2D eigenvalue weighted by atomic mass is 16.3. The van der Waals surface area contributed by atoms with E-state index in [1.54, 1.807) is 0 Å². The Bertz CT molecular complexity index is 459. The molecule has 0 unspecified atom stereocenters. The Balaban J connectivity index is 1.73. The first-order chi connectivity index (χ1) is 9.67. The van der Waals surface area contributed by atoms with Gasteiger partial charge in [-0.2, -0.15) is 5.10 Å². The smallest absolute Gasteiger partial charge is 0.0638 e. The molecular formula is C15H26N4O. The zero-order valence-electron chi connectivity index (χ0n) is 12.6. The Morgan fingerprint density at radius 2 is 2.25 bits per heavy atom. The topological polar surface area (TPSA) is 44.5 Å². The summed E-state index contributed by atoms with van der Waals surface area (Å²) < 4.78 is 1.90. The zero-order chi connectivity index (χ0) is 14.1. The minimum Gasteiger partial charge on any atom is -0.396 e. The Morgan fingerprint density at radius 1 is 1.40 bits per heavy atom. The van der Waals surface area contributed by atoms with E-state index in [1.807, 2.05) is 11.7 Å². The highest BCUT2D eigenvalue weighted by Crippen LogP contribution is 2.27. The number of piperazine rings is 1. The monoisotopic (exact) mass is 278 g/mol. The van der Waals surface area contributed by atoms with Crippen molar-refractivity contribution in [2.75, 3.05) is 26.2 Å². The zero-order valence-corrected chi connectivity index (χ0v) is 12.6. The van der Waals surface area contributed by atoms with Crippen molar-refractivity contribution in [3.8, 4) is 0 Å². The van der Waals surface area contributed by atoms with Gasteiger partial charge in [-0.3, -0.25) is 14.5 Å². The third kappa shape index (κ3) is 2.75. The van der Waals surface area contributed by atoms with Crippen molar-refractivity contribution in [2.24, 2.45) is 7.05 Å². The van der Waals surface area contributed by atoms with Gasteiger partial charge in [0.05, 0.1) is 5.69 Å². The van der Waals surface area contributed by atoms with E-state index >= 15 is 0 Å². The summed E-state index contributed by atoms with van der Waals surface area (Å²) in [5.74, 6) is 0. The Labute approximate surface area is 121 Å². The van der Waals surface area contributed by atoms with Gasteiger partial charge in [0.2, 0.25) is 0 Å². The van der Waals surface area contributed by atoms with Crippen LogP contribution in [0.1, 0.15) is 30.5 Å². The van der Waals surface area contributed by atoms with Crippen molar-refractivity contribution in [2.45, 2.75) is 44.8 Å². The molecule has 2 aliphatic heterocycles. The van der Waals surface area contributed by atoms with Crippen LogP contribution in [0, 0.1) is 6.92 Å². The molecule has 3 heterocycles. The number of aliphatic hydroxyl groups excluding tert-OH is 1. The van der Waals surface area contributed by atoms with Crippen LogP contribution in [0.5, 0.6) is 0 Å². The molecule has 0 aliphatic carbocycles. The van der Waals surface area contributed by atoms with Gasteiger partial charge in [0.15, 0.2) is 0 Å². The number of hydrogen-bond acceptors (Lipinski definition) is 4. The van der Waals surface area contributed by atoms with E-state index in [0.717, 1.165) is 37.8 Å². The number of aromatic nitrogens is 2. The van der Waals surface area contributed by atoms with Crippen molar-refractivity contribution in [1.82, 2.24) is 19.6 Å². The molecule has 2 aliphatic rings. The fraction of sp³-hybridized carbons (Fsp3) is 0.800. The van der Waals surface area contributed by atoms with Crippen LogP contribution in [0.2, 0.25) is 0 Å². The summed E-state index contributed by atoms with van der Waals surface area (Å²) in [6, 6.07) is 1.20. The normalized spacial score (nSPS) is 27.9. The van der Waals surface area contributed by atoms with Crippen LogP contribution in [0.25, 0.3) is 0 Å². The van der Waals surface area contributed by atoms with Crippen LogP contribution in [0.3, 0.4) is 0 Å². The summed E-state index contributed by atoms with van der Waals surface area (Å²) >= 11 is 0. The van der Waals surface area contributed by atoms with Crippen molar-refractivity contribution < 1.29 is 5.11 Å². The van der Waals surface area contributed by atoms with Crippen molar-refractivity contribution in [1.29, 1.82) is 0 Å². The molecule has 1 aromatic rings. The lowest BCUT2D eigenvalue weighted by molar-refractivity contribution is 0.0332. The second-order valence-corrected chi connectivity index (χ2v) is 6.30. The number of aryl methyl sites for hydroxylation is 2. The summed E-state index contributed by atoms with van der Waals surface area (Å²) in [5.41, 5.74) is 2.45. The predicted molar refractivity (Wildman–Crippen MR) is 78.4 cm³/mol. The maximum Gasteiger partial charge on any atom is 0.0638 e. The summed E-state index contributed by atoms with van der Waals surface area (Å²) in [7, 11) is 1.98. The Kier molecular flexibility index (Phi) is 4.10. The molecule has 20 heavy (non-hydrogen) atoms. The SMILES string of the molecule is Cc1nn(C)cc1CN1C[C@@H]2CCCN2C[C@@H]1CCO. The third-order valence-electron chi connectivity index (χ3n) is 4.86. The molecule has 5 heteroatoms. The minimum atomic E-state index is 0.283. The van der Waals surface area contributed by atoms with Crippen LogP contribution < -0.4 is 0 Å². The summed E-state index contributed by atoms with van der Waals surface area (Å²) in [6.45, 7) is 6.83. The Morgan fingerprint density at radius 3 is 2.95 bits per heavy atom. The molecule has 112 valence electrons. The van der Waals surface area contributed by atoms with Gasteiger partial charge in [-0.25, -0.2) is 0 Å². The first-order valence-corrected chi connectivity index (χ1v) is 7.75. The van der Waals surface area contributed by atoms with Crippen LogP contribution in [-0.2, 0) is 13.6 Å². The molecule has 3 rings (SSSR count). The number of aliphatic hydroxyl groups is 1. The van der Waals surface area contributed by atoms with Gasteiger partial charge in [-0.15, -0.1) is 0 Å². The van der Waals surface area contributed by atoms with Gasteiger partial charge in [0.25, 0.3) is 0 Å². The maximum absolute atomic E-state index is 9.34. The molecule has 2 atom stereocenters. The van der Waals surface area contributed by atoms with E-state index in [1.165, 1.54) is 24.9 Å². The molecule has 2 saturated heterocycles. The van der Waals surface area contributed by atoms with Gasteiger partial charge in [0, 0.05) is 57.1 Å². The molecular weight excluding hydrogens is 252 g/mol. The van der Waals surface area contributed by atoms with E-state index in [2.05, 4.69) is 28.0 Å². The molecule has 0 amide bonds. The lowest BCUT2D eigenvalue weighted by atomic mass is 10.0. The molecule has 2 fully saturated rings. The van der Waals surface area contributed by atoms with Crippen LogP contribution >= 0.6 is 0 Å². The van der Waals surface area contributed by atoms with Gasteiger partial charge in [-0.05, 0) is 32.7 Å². The number of hydrogen-bond donors (Lipinski definition) is 1. The molecule has 0 bridgehead atoms. The van der Waals surface area contributed by atoms with E-state index in [9.17, 15) is 5.11 Å². The second-order valence-electron chi connectivity index (χ2n) is 6.30. The second kappa shape index (κ2) is 5.84. The predicted octanol–water partition coefficient (Wildman–Crippen LogP) is 0.760. The molecule has 5 nitrogen and oxygen atoms in total. The number of fused-ring (bicyclic) bond motifs is 1. The number of nitrogens with zero attached hydrogens (tertiary/aromatic N) is 4. The molecule has 0 spiro atoms. The van der Waals surface area contributed by atoms with Crippen molar-refractivity contribution in [3.63, 3.8) is 0 Å². The highest BCUT2D eigenvalue weighted by Gasteiger charge is 2.36. The van der Waals surface area contributed by atoms with Crippen LogP contribution in [-0.4, -0.2) is 63.0 Å². The largest absolute Gasteiger partial charge is 0.396 e. The quantitative estimate of drug-likeness (QED) is 0.883. The average Bonchev–Trinajstić information content (AvgIpc) is 2.97. The molecule has 0 radical (unpaired) electrons. The van der Waals surface area contributed by atoms with Gasteiger partial charge in [0.1, 0.15) is 0 Å². The van der Waals surface area contributed by atoms with Crippen LogP contribution in [0.4, 0.5) is 0 Å². The fourth-order valence-corrected chi connectivity index (χ4v) is 3.79. The first-order valence-electron chi connectivity index (χ1n) is 7.75. The Hall–Kier alpha value is -0.910. The van der Waals surface area contributed by atoms with Gasteiger partial charge in [-0.1, -0.05) is 0 Å². The van der Waals surface area contributed by atoms with Gasteiger partial charge >= 0.3 is 0 Å². The minimum absolute atomic E-state index is 0.283. The summed E-state index contributed by atoms with van der Waals surface area (Å²) in [6.07, 6.45) is 5.67. The van der Waals surface area contributed by atoms with E-state index in [4.69, 9.17) is 0 Å². The lowest BCUT2D eigenvalue weighted by Gasteiger charge is -2.43. The maximum atomic E-state index is 9.34. The van der Waals surface area contributed by atoms with E-state index in [-0.39, 0.29) is 6.61 Å². The average molecular weight is 278 g/mol. The number of rotatable bonds is 4. The summed E-state index contributed by atoms with van der Waals surface area (Å²) in [4.78, 5) is 5.18. The van der Waals surface area contributed by atoms with Crippen LogP contribution in [0.15, 0.2) is 6.20 Å². The lowest BCUT2D eigenvalue weighted by Crippen LogP contribution is -2.55. The molecule has 0 saturated carbocycles. The van der Waals surface area contributed by atoms with E-state index < -0.39 is 0 Å². The van der Waals surface area contributed by atoms with Crippen molar-refractivity contribution >= 4 is 0 Å². The van der Waals surface area contributed by atoms with Crippen molar-refractivity contribution in [3.05, 3.63) is 17.5 Å². The molecule has 1 N–H and O–H groups in total. The highest BCUT2D eigenvalue weighted by molar-refractivity contribution is 5.15. The molecule has 1 aromatic heterocycles. The van der Waals surface area contributed by atoms with Gasteiger partial charge < -0.3 is 5.11 Å². The summed E-state index contributed by atoms with van der Waals surface area (Å²) in [5, 5.41) is 13.8.